The van der Waals surface area contributed by atoms with Crippen molar-refractivity contribution < 1.29 is 0 Å². The molecule has 0 aliphatic rings. The summed E-state index contributed by atoms with van der Waals surface area (Å²) in [6.07, 6.45) is 2.64. The van der Waals surface area contributed by atoms with Crippen molar-refractivity contribution in [3.05, 3.63) is 23.5 Å². The average Bonchev–Trinajstić information content (AvgIpc) is 2.04. The predicted octanol–water partition coefficient (Wildman–Crippen LogP) is 0.685. The minimum atomic E-state index is 0.501. The molecule has 4 N–H and O–H groups in total. The molecule has 0 bridgehead atoms. The number of anilines is 1. The lowest BCUT2D eigenvalue weighted by Crippen LogP contribution is -2.02. The van der Waals surface area contributed by atoms with E-state index in [1.807, 2.05) is 13.0 Å². The number of aryl methyl sites for hydroxylation is 1. The van der Waals surface area contributed by atoms with Gasteiger partial charge in [0.2, 0.25) is 0 Å². The van der Waals surface area contributed by atoms with E-state index in [4.69, 9.17) is 11.5 Å². The molecule has 0 atom stereocenters. The van der Waals surface area contributed by atoms with Gasteiger partial charge < -0.3 is 11.5 Å². The second-order valence-electron chi connectivity index (χ2n) is 2.44. The zero-order chi connectivity index (χ0) is 8.27. The summed E-state index contributed by atoms with van der Waals surface area (Å²) in [5.74, 6) is 0. The molecule has 0 aliphatic heterocycles. The van der Waals surface area contributed by atoms with Crippen LogP contribution in [0.15, 0.2) is 12.3 Å². The van der Waals surface area contributed by atoms with Crippen molar-refractivity contribution in [1.82, 2.24) is 4.98 Å². The summed E-state index contributed by atoms with van der Waals surface area (Å²) in [6, 6.07) is 1.88. The predicted molar refractivity (Wildman–Crippen MR) is 45.9 cm³/mol. The van der Waals surface area contributed by atoms with Gasteiger partial charge >= 0.3 is 0 Å². The molecule has 0 radical (unpaired) electrons. The fourth-order valence-corrected chi connectivity index (χ4v) is 0.963. The van der Waals surface area contributed by atoms with Gasteiger partial charge in [0.15, 0.2) is 0 Å². The Kier molecular flexibility index (Phi) is 2.44. The first-order chi connectivity index (χ1) is 5.27. The molecule has 0 spiro atoms. The molecule has 3 nitrogen and oxygen atoms in total. The van der Waals surface area contributed by atoms with Gasteiger partial charge in [-0.15, -0.1) is 0 Å². The highest BCUT2D eigenvalue weighted by molar-refractivity contribution is 5.44. The van der Waals surface area contributed by atoms with Crippen LogP contribution in [-0.2, 0) is 13.0 Å². The van der Waals surface area contributed by atoms with E-state index in [1.165, 1.54) is 0 Å². The summed E-state index contributed by atoms with van der Waals surface area (Å²) in [7, 11) is 0. The third kappa shape index (κ3) is 1.68. The third-order valence-corrected chi connectivity index (χ3v) is 1.63. The number of nitrogens with two attached hydrogens (primary N) is 2. The zero-order valence-electron chi connectivity index (χ0n) is 6.67. The summed E-state index contributed by atoms with van der Waals surface area (Å²) in [4.78, 5) is 4.16. The highest BCUT2D eigenvalue weighted by atomic mass is 14.7. The van der Waals surface area contributed by atoms with E-state index in [0.29, 0.717) is 6.54 Å². The normalized spacial score (nSPS) is 10.0. The van der Waals surface area contributed by atoms with Gasteiger partial charge in [-0.05, 0) is 18.1 Å². The first-order valence-electron chi connectivity index (χ1n) is 3.71. The second-order valence-corrected chi connectivity index (χ2v) is 2.44. The van der Waals surface area contributed by atoms with Crippen LogP contribution in [0.3, 0.4) is 0 Å². The molecule has 1 heterocycles. The Balaban J connectivity index is 2.99. The van der Waals surface area contributed by atoms with E-state index >= 15 is 0 Å². The van der Waals surface area contributed by atoms with E-state index in [1.54, 1.807) is 6.20 Å². The van der Waals surface area contributed by atoms with Crippen molar-refractivity contribution in [2.75, 3.05) is 5.73 Å². The van der Waals surface area contributed by atoms with Gasteiger partial charge in [-0.3, -0.25) is 4.98 Å². The van der Waals surface area contributed by atoms with Gasteiger partial charge in [0, 0.05) is 12.7 Å². The quantitative estimate of drug-likeness (QED) is 0.653. The molecule has 3 heteroatoms. The van der Waals surface area contributed by atoms with Crippen molar-refractivity contribution in [2.24, 2.45) is 5.73 Å². The number of hydrogen-bond donors (Lipinski definition) is 2. The summed E-state index contributed by atoms with van der Waals surface area (Å²) in [6.45, 7) is 2.53. The number of pyridine rings is 1. The molecule has 0 aromatic carbocycles. The van der Waals surface area contributed by atoms with Crippen LogP contribution in [0.2, 0.25) is 0 Å². The minimum absolute atomic E-state index is 0.501. The lowest BCUT2D eigenvalue weighted by atomic mass is 10.2. The van der Waals surface area contributed by atoms with Gasteiger partial charge in [-0.1, -0.05) is 6.92 Å². The number of hydrogen-bond acceptors (Lipinski definition) is 3. The second kappa shape index (κ2) is 3.34. The van der Waals surface area contributed by atoms with Crippen LogP contribution in [0.1, 0.15) is 18.2 Å². The minimum Gasteiger partial charge on any atom is -0.397 e. The van der Waals surface area contributed by atoms with Crippen LogP contribution >= 0.6 is 0 Å². The Morgan fingerprint density at radius 2 is 2.27 bits per heavy atom. The molecule has 0 aliphatic carbocycles. The first kappa shape index (κ1) is 8.01. The van der Waals surface area contributed by atoms with Crippen molar-refractivity contribution in [3.63, 3.8) is 0 Å². The smallest absolute Gasteiger partial charge is 0.0630 e. The molecule has 0 saturated heterocycles. The van der Waals surface area contributed by atoms with E-state index in [-0.39, 0.29) is 0 Å². The Morgan fingerprint density at radius 3 is 2.73 bits per heavy atom. The lowest BCUT2D eigenvalue weighted by molar-refractivity contribution is 0.994. The molecule has 0 amide bonds. The van der Waals surface area contributed by atoms with Gasteiger partial charge in [0.1, 0.15) is 0 Å². The highest BCUT2D eigenvalue weighted by Crippen LogP contribution is 2.10. The van der Waals surface area contributed by atoms with Crippen molar-refractivity contribution in [3.8, 4) is 0 Å². The van der Waals surface area contributed by atoms with E-state index in [0.717, 1.165) is 23.4 Å². The summed E-state index contributed by atoms with van der Waals surface area (Å²) >= 11 is 0. The third-order valence-electron chi connectivity index (χ3n) is 1.63. The summed E-state index contributed by atoms with van der Waals surface area (Å²) < 4.78 is 0. The Hall–Kier alpha value is -1.09. The average molecular weight is 151 g/mol. The van der Waals surface area contributed by atoms with Crippen LogP contribution < -0.4 is 11.5 Å². The molecule has 11 heavy (non-hydrogen) atoms. The van der Waals surface area contributed by atoms with Crippen LogP contribution in [-0.4, -0.2) is 4.98 Å². The van der Waals surface area contributed by atoms with E-state index in [9.17, 15) is 0 Å². The molecule has 60 valence electrons. The number of nitrogen functional groups attached to an aromatic ring is 1. The van der Waals surface area contributed by atoms with Gasteiger partial charge in [0.25, 0.3) is 0 Å². The van der Waals surface area contributed by atoms with Crippen molar-refractivity contribution in [1.29, 1.82) is 0 Å². The lowest BCUT2D eigenvalue weighted by Gasteiger charge is -2.02. The van der Waals surface area contributed by atoms with E-state index in [2.05, 4.69) is 4.98 Å². The number of aromatic nitrogens is 1. The fourth-order valence-electron chi connectivity index (χ4n) is 0.963. The fraction of sp³-hybridized carbons (Fsp3) is 0.375. The maximum absolute atomic E-state index is 5.69. The number of rotatable bonds is 2. The molecule has 1 rings (SSSR count). The monoisotopic (exact) mass is 151 g/mol. The molecule has 1 aromatic rings. The standard InChI is InChI=1S/C8H13N3/c1-2-8-7(10)3-6(4-9)5-11-8/h3,5H,2,4,9-10H2,1H3. The Labute approximate surface area is 66.4 Å². The van der Waals surface area contributed by atoms with Gasteiger partial charge in [-0.25, -0.2) is 0 Å². The molecular weight excluding hydrogens is 138 g/mol. The maximum atomic E-state index is 5.69. The Bertz CT molecular complexity index is 245. The van der Waals surface area contributed by atoms with E-state index < -0.39 is 0 Å². The Morgan fingerprint density at radius 1 is 1.55 bits per heavy atom. The van der Waals surface area contributed by atoms with Crippen LogP contribution in [0, 0.1) is 0 Å². The SMILES string of the molecule is CCc1ncc(CN)cc1N. The number of nitrogens with zero attached hydrogens (tertiary/aromatic N) is 1. The van der Waals surface area contributed by atoms with Crippen LogP contribution in [0.4, 0.5) is 5.69 Å². The molecule has 0 unspecified atom stereocenters. The van der Waals surface area contributed by atoms with Crippen LogP contribution in [0.25, 0.3) is 0 Å². The summed E-state index contributed by atoms with van der Waals surface area (Å²) in [5.41, 5.74) is 13.8. The maximum Gasteiger partial charge on any atom is 0.0630 e. The zero-order valence-corrected chi connectivity index (χ0v) is 6.67. The largest absolute Gasteiger partial charge is 0.397 e. The van der Waals surface area contributed by atoms with Crippen molar-refractivity contribution >= 4 is 5.69 Å². The first-order valence-corrected chi connectivity index (χ1v) is 3.71. The summed E-state index contributed by atoms with van der Waals surface area (Å²) in [5, 5.41) is 0. The molecule has 0 saturated carbocycles. The molecular formula is C8H13N3. The van der Waals surface area contributed by atoms with Crippen molar-refractivity contribution in [2.45, 2.75) is 19.9 Å². The van der Waals surface area contributed by atoms with Gasteiger partial charge in [0.05, 0.1) is 11.4 Å². The van der Waals surface area contributed by atoms with Gasteiger partial charge in [-0.2, -0.15) is 0 Å². The molecule has 1 aromatic heterocycles. The van der Waals surface area contributed by atoms with Crippen LogP contribution in [0.5, 0.6) is 0 Å². The highest BCUT2D eigenvalue weighted by Gasteiger charge is 1.97. The topological polar surface area (TPSA) is 64.9 Å². The molecule has 0 fully saturated rings.